The molecular weight excluding hydrogens is 370 g/mol. The predicted octanol–water partition coefficient (Wildman–Crippen LogP) is 3.78. The van der Waals surface area contributed by atoms with E-state index in [-0.39, 0.29) is 17.1 Å². The zero-order chi connectivity index (χ0) is 19.6. The summed E-state index contributed by atoms with van der Waals surface area (Å²) in [6.45, 7) is 0.654. The fraction of sp³-hybridized carbons (Fsp3) is 0.435. The Bertz CT molecular complexity index is 860. The smallest absolute Gasteiger partial charge is 0.234 e. The molecule has 1 saturated carbocycles. The normalized spacial score (nSPS) is 18.8. The summed E-state index contributed by atoms with van der Waals surface area (Å²) in [6.07, 6.45) is 4.71. The minimum atomic E-state index is -3.14. The van der Waals surface area contributed by atoms with E-state index in [0.29, 0.717) is 13.1 Å². The number of carbonyl (C=O) groups is 1. The summed E-state index contributed by atoms with van der Waals surface area (Å²) in [5.41, 5.74) is 1.88. The average Bonchev–Trinajstić information content (AvgIpc) is 2.69. The molecule has 0 unspecified atom stereocenters. The predicted molar refractivity (Wildman–Crippen MR) is 111 cm³/mol. The lowest BCUT2D eigenvalue weighted by Crippen LogP contribution is -2.59. The first-order valence-electron chi connectivity index (χ1n) is 10.2. The highest BCUT2D eigenvalue weighted by Gasteiger charge is 2.45. The van der Waals surface area contributed by atoms with Gasteiger partial charge >= 0.3 is 0 Å². The topological polar surface area (TPSA) is 54.5 Å². The van der Waals surface area contributed by atoms with Gasteiger partial charge < -0.3 is 4.90 Å². The molecule has 5 heteroatoms. The third-order valence-corrected chi connectivity index (χ3v) is 8.78. The molecular formula is C23H27NO3S. The molecule has 1 saturated heterocycles. The molecule has 0 spiro atoms. The second kappa shape index (κ2) is 8.08. The second-order valence-corrected chi connectivity index (χ2v) is 10.5. The van der Waals surface area contributed by atoms with Crippen LogP contribution in [-0.4, -0.2) is 42.8 Å². The van der Waals surface area contributed by atoms with Crippen LogP contribution >= 0.6 is 0 Å². The molecule has 1 amide bonds. The van der Waals surface area contributed by atoms with Gasteiger partial charge in [0, 0.05) is 13.1 Å². The monoisotopic (exact) mass is 397 g/mol. The first kappa shape index (κ1) is 19.2. The number of sulfone groups is 1. The lowest BCUT2D eigenvalue weighted by atomic mass is 9.89. The highest BCUT2D eigenvalue weighted by Crippen LogP contribution is 2.33. The van der Waals surface area contributed by atoms with Gasteiger partial charge in [-0.05, 0) is 24.0 Å². The van der Waals surface area contributed by atoms with E-state index in [1.54, 1.807) is 4.90 Å². The van der Waals surface area contributed by atoms with E-state index in [0.717, 1.165) is 43.2 Å². The van der Waals surface area contributed by atoms with Gasteiger partial charge in [-0.15, -0.1) is 0 Å². The molecule has 0 N–H and O–H groups in total. The summed E-state index contributed by atoms with van der Waals surface area (Å²) >= 11 is 0. The van der Waals surface area contributed by atoms with Crippen molar-refractivity contribution >= 4 is 15.7 Å². The third kappa shape index (κ3) is 3.72. The molecule has 0 bridgehead atoms. The third-order valence-electron chi connectivity index (χ3n) is 6.15. The Kier molecular flexibility index (Phi) is 5.54. The number of hydrogen-bond donors (Lipinski definition) is 0. The van der Waals surface area contributed by atoms with Crippen LogP contribution in [0.3, 0.4) is 0 Å². The molecule has 2 aromatic rings. The van der Waals surface area contributed by atoms with E-state index in [4.69, 9.17) is 0 Å². The van der Waals surface area contributed by atoms with Gasteiger partial charge in [-0.1, -0.05) is 79.9 Å². The van der Waals surface area contributed by atoms with Gasteiger partial charge in [0.25, 0.3) is 0 Å². The fourth-order valence-corrected chi connectivity index (χ4v) is 6.75. The zero-order valence-electron chi connectivity index (χ0n) is 16.0. The van der Waals surface area contributed by atoms with E-state index in [9.17, 15) is 13.2 Å². The highest BCUT2D eigenvalue weighted by atomic mass is 32.2. The molecule has 1 heterocycles. The lowest BCUT2D eigenvalue weighted by molar-refractivity contribution is -0.135. The minimum absolute atomic E-state index is 0.00695. The quantitative estimate of drug-likeness (QED) is 0.772. The number of amides is 1. The summed E-state index contributed by atoms with van der Waals surface area (Å²) in [5.74, 6) is -0.395. The molecule has 4 nitrogen and oxygen atoms in total. The number of hydrogen-bond acceptors (Lipinski definition) is 3. The Morgan fingerprint density at radius 3 is 1.79 bits per heavy atom. The minimum Gasteiger partial charge on any atom is -0.339 e. The zero-order valence-corrected chi connectivity index (χ0v) is 16.9. The van der Waals surface area contributed by atoms with Crippen molar-refractivity contribution in [3.63, 3.8) is 0 Å². The molecule has 0 radical (unpaired) electrons. The van der Waals surface area contributed by atoms with Gasteiger partial charge in [0.15, 0.2) is 9.84 Å². The van der Waals surface area contributed by atoms with Gasteiger partial charge in [-0.25, -0.2) is 8.42 Å². The summed E-state index contributed by atoms with van der Waals surface area (Å²) < 4.78 is 25.8. The number of benzene rings is 2. The molecule has 1 aliphatic carbocycles. The van der Waals surface area contributed by atoms with Crippen LogP contribution in [0.4, 0.5) is 0 Å². The maximum absolute atomic E-state index is 13.3. The van der Waals surface area contributed by atoms with Crippen LogP contribution in [0.15, 0.2) is 60.7 Å². The van der Waals surface area contributed by atoms with E-state index in [2.05, 4.69) is 0 Å². The first-order chi connectivity index (χ1) is 13.6. The van der Waals surface area contributed by atoms with Crippen molar-refractivity contribution < 1.29 is 13.2 Å². The van der Waals surface area contributed by atoms with Gasteiger partial charge in [0.2, 0.25) is 5.91 Å². The van der Waals surface area contributed by atoms with E-state index < -0.39 is 15.1 Å². The molecule has 4 rings (SSSR count). The van der Waals surface area contributed by atoms with Crippen molar-refractivity contribution in [1.29, 1.82) is 0 Å². The van der Waals surface area contributed by atoms with Crippen LogP contribution in [0, 0.1) is 0 Å². The fourth-order valence-electron chi connectivity index (χ4n) is 4.44. The van der Waals surface area contributed by atoms with Crippen molar-refractivity contribution in [3.05, 3.63) is 71.8 Å². The van der Waals surface area contributed by atoms with Crippen molar-refractivity contribution in [3.8, 4) is 0 Å². The van der Waals surface area contributed by atoms with Crippen LogP contribution in [0.1, 0.15) is 49.1 Å². The summed E-state index contributed by atoms with van der Waals surface area (Å²) in [6, 6.07) is 19.5. The maximum atomic E-state index is 13.3. The van der Waals surface area contributed by atoms with Crippen LogP contribution < -0.4 is 0 Å². The number of rotatable bonds is 5. The van der Waals surface area contributed by atoms with Gasteiger partial charge in [-0.2, -0.15) is 0 Å². The van der Waals surface area contributed by atoms with Crippen molar-refractivity contribution in [1.82, 2.24) is 4.90 Å². The van der Waals surface area contributed by atoms with E-state index >= 15 is 0 Å². The maximum Gasteiger partial charge on any atom is 0.234 e. The van der Waals surface area contributed by atoms with Crippen molar-refractivity contribution in [2.24, 2.45) is 0 Å². The van der Waals surface area contributed by atoms with Crippen LogP contribution in [0.5, 0.6) is 0 Å². The molecule has 0 atom stereocenters. The Morgan fingerprint density at radius 2 is 1.29 bits per heavy atom. The molecule has 0 aromatic heterocycles. The van der Waals surface area contributed by atoms with E-state index in [1.165, 1.54) is 0 Å². The highest BCUT2D eigenvalue weighted by molar-refractivity contribution is 7.92. The molecule has 148 valence electrons. The van der Waals surface area contributed by atoms with Gasteiger partial charge in [0.05, 0.1) is 16.4 Å². The largest absolute Gasteiger partial charge is 0.339 e. The first-order valence-corrected chi connectivity index (χ1v) is 11.8. The number of carbonyl (C=O) groups excluding carboxylic acids is 1. The summed E-state index contributed by atoms with van der Waals surface area (Å²) in [7, 11) is -3.14. The molecule has 2 fully saturated rings. The van der Waals surface area contributed by atoms with Crippen molar-refractivity contribution in [2.75, 3.05) is 13.1 Å². The van der Waals surface area contributed by atoms with Crippen LogP contribution in [0.25, 0.3) is 0 Å². The average molecular weight is 398 g/mol. The van der Waals surface area contributed by atoms with Crippen LogP contribution in [0.2, 0.25) is 0 Å². The standard InChI is InChI=1S/C23H27NO3S/c25-23(22(18-10-4-1-5-11-18)19-12-6-2-7-13-19)24-16-21(17-24)28(26,27)20-14-8-3-9-15-20/h1-2,4-7,10-13,20-22H,3,8-9,14-17H2. The van der Waals surface area contributed by atoms with Crippen LogP contribution in [-0.2, 0) is 14.6 Å². The SMILES string of the molecule is O=C(C(c1ccccc1)c1ccccc1)N1CC(S(=O)(=O)C2CCCCC2)C1. The lowest BCUT2D eigenvalue weighted by Gasteiger charge is -2.42. The molecule has 2 aromatic carbocycles. The van der Waals surface area contributed by atoms with Gasteiger partial charge in [0.1, 0.15) is 0 Å². The molecule has 1 aliphatic heterocycles. The van der Waals surface area contributed by atoms with E-state index in [1.807, 2.05) is 60.7 Å². The Labute approximate surface area is 167 Å². The Morgan fingerprint density at radius 1 is 0.786 bits per heavy atom. The number of nitrogens with zero attached hydrogens (tertiary/aromatic N) is 1. The summed E-state index contributed by atoms with van der Waals surface area (Å²) in [5, 5.41) is -0.603. The summed E-state index contributed by atoms with van der Waals surface area (Å²) in [4.78, 5) is 15.0. The Hall–Kier alpha value is -2.14. The molecule has 2 aliphatic rings. The number of likely N-dealkylation sites (tertiary alicyclic amines) is 1. The van der Waals surface area contributed by atoms with Crippen molar-refractivity contribution in [2.45, 2.75) is 48.5 Å². The Balaban J connectivity index is 1.50. The second-order valence-electron chi connectivity index (χ2n) is 7.97. The molecule has 28 heavy (non-hydrogen) atoms. The van der Waals surface area contributed by atoms with Gasteiger partial charge in [-0.3, -0.25) is 4.79 Å².